The van der Waals surface area contributed by atoms with Crippen LogP contribution in [0.4, 0.5) is 0 Å². The number of methoxy groups -OCH3 is 1. The Morgan fingerprint density at radius 1 is 1.21 bits per heavy atom. The van der Waals surface area contributed by atoms with Crippen LogP contribution in [-0.2, 0) is 6.42 Å². The molecule has 0 fully saturated rings. The average Bonchev–Trinajstić information content (AvgIpc) is 2.88. The molecule has 1 unspecified atom stereocenters. The van der Waals surface area contributed by atoms with Crippen molar-refractivity contribution in [1.29, 1.82) is 0 Å². The zero-order chi connectivity index (χ0) is 13.9. The van der Waals surface area contributed by atoms with Gasteiger partial charge in [0.25, 0.3) is 0 Å². The van der Waals surface area contributed by atoms with Crippen LogP contribution in [0.1, 0.15) is 32.4 Å². The molecule has 3 nitrogen and oxygen atoms in total. The second-order valence-electron chi connectivity index (χ2n) is 5.94. The van der Waals surface area contributed by atoms with E-state index in [1.807, 2.05) is 30.9 Å². The molecule has 0 radical (unpaired) electrons. The van der Waals surface area contributed by atoms with E-state index in [0.717, 1.165) is 12.2 Å². The summed E-state index contributed by atoms with van der Waals surface area (Å²) in [5.41, 5.74) is 1.50. The summed E-state index contributed by atoms with van der Waals surface area (Å²) in [4.78, 5) is 4.17. The van der Waals surface area contributed by atoms with Gasteiger partial charge in [0.1, 0.15) is 5.75 Å². The summed E-state index contributed by atoms with van der Waals surface area (Å²) in [7, 11) is 1.69. The van der Waals surface area contributed by atoms with Crippen molar-refractivity contribution in [3.63, 3.8) is 0 Å². The highest BCUT2D eigenvalue weighted by Crippen LogP contribution is 2.33. The molecule has 0 bridgehead atoms. The number of benzene rings is 1. The second kappa shape index (κ2) is 5.47. The van der Waals surface area contributed by atoms with Crippen molar-refractivity contribution in [2.24, 2.45) is 5.41 Å². The monoisotopic (exact) mass is 258 g/mol. The Labute approximate surface area is 115 Å². The van der Waals surface area contributed by atoms with Crippen LogP contribution in [0.15, 0.2) is 43.0 Å². The third kappa shape index (κ3) is 3.37. The summed E-state index contributed by atoms with van der Waals surface area (Å²) >= 11 is 0. The van der Waals surface area contributed by atoms with Gasteiger partial charge in [-0.05, 0) is 29.5 Å². The molecule has 0 aliphatic heterocycles. The summed E-state index contributed by atoms with van der Waals surface area (Å²) in [6.45, 7) is 6.80. The van der Waals surface area contributed by atoms with Gasteiger partial charge in [0.05, 0.1) is 13.4 Å². The minimum Gasteiger partial charge on any atom is -0.497 e. The molecular formula is C16H22N2O. The molecule has 0 amide bonds. The number of imidazole rings is 1. The Balaban J connectivity index is 2.21. The van der Waals surface area contributed by atoms with Crippen LogP contribution in [0, 0.1) is 5.41 Å². The smallest absolute Gasteiger partial charge is 0.118 e. The Bertz CT molecular complexity index is 495. The number of rotatable bonds is 4. The Hall–Kier alpha value is -1.77. The molecule has 0 N–H and O–H groups in total. The van der Waals surface area contributed by atoms with E-state index in [-0.39, 0.29) is 5.41 Å². The Kier molecular flexibility index (Phi) is 3.93. The van der Waals surface area contributed by atoms with E-state index >= 15 is 0 Å². The molecule has 2 aromatic rings. The standard InChI is InChI=1S/C16H22N2O/c1-16(2,3)15(18-10-9-17-12-18)11-13-5-7-14(19-4)8-6-13/h5-10,12,15H,11H2,1-4H3. The SMILES string of the molecule is COc1ccc(CC(n2ccnc2)C(C)(C)C)cc1. The molecule has 0 spiro atoms. The first-order chi connectivity index (χ1) is 9.00. The fourth-order valence-corrected chi connectivity index (χ4v) is 2.30. The normalized spacial score (nSPS) is 13.3. The van der Waals surface area contributed by atoms with Crippen LogP contribution in [0.3, 0.4) is 0 Å². The van der Waals surface area contributed by atoms with Crippen LogP contribution in [0.2, 0.25) is 0 Å². The minimum absolute atomic E-state index is 0.181. The van der Waals surface area contributed by atoms with Crippen LogP contribution in [-0.4, -0.2) is 16.7 Å². The molecule has 3 heteroatoms. The van der Waals surface area contributed by atoms with Gasteiger partial charge in [-0.2, -0.15) is 0 Å². The van der Waals surface area contributed by atoms with Crippen LogP contribution >= 0.6 is 0 Å². The third-order valence-corrected chi connectivity index (χ3v) is 3.47. The molecular weight excluding hydrogens is 236 g/mol. The first-order valence-electron chi connectivity index (χ1n) is 6.61. The van der Waals surface area contributed by atoms with Gasteiger partial charge in [0.2, 0.25) is 0 Å². The lowest BCUT2D eigenvalue weighted by Crippen LogP contribution is -2.25. The minimum atomic E-state index is 0.181. The van der Waals surface area contributed by atoms with E-state index < -0.39 is 0 Å². The summed E-state index contributed by atoms with van der Waals surface area (Å²) in [5.74, 6) is 0.902. The van der Waals surface area contributed by atoms with Crippen LogP contribution in [0.25, 0.3) is 0 Å². The number of hydrogen-bond acceptors (Lipinski definition) is 2. The lowest BCUT2D eigenvalue weighted by atomic mass is 9.83. The first-order valence-corrected chi connectivity index (χ1v) is 6.61. The number of hydrogen-bond donors (Lipinski definition) is 0. The van der Waals surface area contributed by atoms with Crippen molar-refractivity contribution in [2.75, 3.05) is 7.11 Å². The van der Waals surface area contributed by atoms with Crippen molar-refractivity contribution < 1.29 is 4.74 Å². The molecule has 0 saturated heterocycles. The summed E-state index contributed by atoms with van der Waals surface area (Å²) < 4.78 is 7.40. The number of nitrogens with zero attached hydrogens (tertiary/aromatic N) is 2. The van der Waals surface area contributed by atoms with Gasteiger partial charge < -0.3 is 9.30 Å². The summed E-state index contributed by atoms with van der Waals surface area (Å²) in [6.07, 6.45) is 6.77. The third-order valence-electron chi connectivity index (χ3n) is 3.47. The highest BCUT2D eigenvalue weighted by molar-refractivity contribution is 5.27. The maximum absolute atomic E-state index is 5.20. The number of aromatic nitrogens is 2. The van der Waals surface area contributed by atoms with Crippen LogP contribution in [0.5, 0.6) is 5.75 Å². The lowest BCUT2D eigenvalue weighted by molar-refractivity contribution is 0.240. The van der Waals surface area contributed by atoms with E-state index in [9.17, 15) is 0 Å². The molecule has 0 aliphatic carbocycles. The van der Waals surface area contributed by atoms with Gasteiger partial charge in [0.15, 0.2) is 0 Å². The lowest BCUT2D eigenvalue weighted by Gasteiger charge is -2.32. The van der Waals surface area contributed by atoms with E-state index in [4.69, 9.17) is 4.74 Å². The van der Waals surface area contributed by atoms with Crippen molar-refractivity contribution >= 4 is 0 Å². The second-order valence-corrected chi connectivity index (χ2v) is 5.94. The zero-order valence-electron chi connectivity index (χ0n) is 12.1. The van der Waals surface area contributed by atoms with Gasteiger partial charge in [0, 0.05) is 18.4 Å². The van der Waals surface area contributed by atoms with Crippen molar-refractivity contribution in [3.8, 4) is 5.75 Å². The van der Waals surface area contributed by atoms with E-state index in [1.165, 1.54) is 5.56 Å². The molecule has 0 aliphatic rings. The fraction of sp³-hybridized carbons (Fsp3) is 0.438. The Morgan fingerprint density at radius 2 is 1.89 bits per heavy atom. The van der Waals surface area contributed by atoms with Crippen molar-refractivity contribution in [3.05, 3.63) is 48.5 Å². The maximum atomic E-state index is 5.20. The molecule has 1 aromatic carbocycles. The van der Waals surface area contributed by atoms with Crippen LogP contribution < -0.4 is 4.74 Å². The summed E-state index contributed by atoms with van der Waals surface area (Å²) in [5, 5.41) is 0. The maximum Gasteiger partial charge on any atom is 0.118 e. The zero-order valence-corrected chi connectivity index (χ0v) is 12.1. The largest absolute Gasteiger partial charge is 0.497 e. The Morgan fingerprint density at radius 3 is 2.37 bits per heavy atom. The van der Waals surface area contributed by atoms with Gasteiger partial charge >= 0.3 is 0 Å². The van der Waals surface area contributed by atoms with Gasteiger partial charge in [-0.1, -0.05) is 32.9 Å². The van der Waals surface area contributed by atoms with E-state index in [0.29, 0.717) is 6.04 Å². The molecule has 19 heavy (non-hydrogen) atoms. The summed E-state index contributed by atoms with van der Waals surface area (Å²) in [6, 6.07) is 8.69. The van der Waals surface area contributed by atoms with E-state index in [1.54, 1.807) is 7.11 Å². The molecule has 1 atom stereocenters. The molecule has 1 aromatic heterocycles. The first kappa shape index (κ1) is 13.7. The van der Waals surface area contributed by atoms with Gasteiger partial charge in [-0.3, -0.25) is 0 Å². The number of ether oxygens (including phenoxy) is 1. The topological polar surface area (TPSA) is 27.1 Å². The highest BCUT2D eigenvalue weighted by Gasteiger charge is 2.26. The molecule has 102 valence electrons. The average molecular weight is 258 g/mol. The molecule has 2 rings (SSSR count). The predicted molar refractivity (Wildman–Crippen MR) is 77.4 cm³/mol. The highest BCUT2D eigenvalue weighted by atomic mass is 16.5. The molecule has 1 heterocycles. The van der Waals surface area contributed by atoms with E-state index in [2.05, 4.69) is 42.5 Å². The predicted octanol–water partition coefficient (Wildman–Crippen LogP) is 3.72. The van der Waals surface area contributed by atoms with Crippen molar-refractivity contribution in [1.82, 2.24) is 9.55 Å². The van der Waals surface area contributed by atoms with Gasteiger partial charge in [-0.25, -0.2) is 4.98 Å². The quantitative estimate of drug-likeness (QED) is 0.835. The molecule has 0 saturated carbocycles. The fourth-order valence-electron chi connectivity index (χ4n) is 2.30. The van der Waals surface area contributed by atoms with Gasteiger partial charge in [-0.15, -0.1) is 0 Å². The van der Waals surface area contributed by atoms with Crippen molar-refractivity contribution in [2.45, 2.75) is 33.2 Å².